The van der Waals surface area contributed by atoms with Gasteiger partial charge in [-0.1, -0.05) is 59.6 Å². The standard InChI is InChI=1S/C21H24Cl2N2O2/c1-3-24-21(27)15(2)25(14-17-10-11-18(22)13-19(17)23)20(26)12-9-16-7-5-4-6-8-16/h4-8,10-11,13,15H,3,9,12,14H2,1-2H3,(H,24,27). The Balaban J connectivity index is 2.17. The van der Waals surface area contributed by atoms with Crippen LogP contribution in [0.1, 0.15) is 31.4 Å². The lowest BCUT2D eigenvalue weighted by atomic mass is 10.1. The van der Waals surface area contributed by atoms with Gasteiger partial charge in [0.05, 0.1) is 0 Å². The van der Waals surface area contributed by atoms with Gasteiger partial charge in [-0.2, -0.15) is 0 Å². The number of carbonyl (C=O) groups is 2. The molecule has 0 heterocycles. The van der Waals surface area contributed by atoms with Crippen LogP contribution >= 0.6 is 23.2 Å². The summed E-state index contributed by atoms with van der Waals surface area (Å²) in [6.07, 6.45) is 0.936. The van der Waals surface area contributed by atoms with Crippen LogP contribution in [-0.4, -0.2) is 29.3 Å². The highest BCUT2D eigenvalue weighted by Gasteiger charge is 2.26. The van der Waals surface area contributed by atoms with Crippen molar-refractivity contribution >= 4 is 35.0 Å². The molecule has 0 aliphatic rings. The summed E-state index contributed by atoms with van der Waals surface area (Å²) in [5.74, 6) is -0.278. The molecular weight excluding hydrogens is 383 g/mol. The van der Waals surface area contributed by atoms with Gasteiger partial charge in [0.2, 0.25) is 11.8 Å². The highest BCUT2D eigenvalue weighted by Crippen LogP contribution is 2.23. The zero-order chi connectivity index (χ0) is 19.8. The molecule has 0 aliphatic carbocycles. The lowest BCUT2D eigenvalue weighted by Gasteiger charge is -2.29. The van der Waals surface area contributed by atoms with Crippen LogP contribution in [0.2, 0.25) is 10.0 Å². The summed E-state index contributed by atoms with van der Waals surface area (Å²) >= 11 is 12.2. The van der Waals surface area contributed by atoms with Crippen LogP contribution in [0.25, 0.3) is 0 Å². The van der Waals surface area contributed by atoms with Gasteiger partial charge in [0, 0.05) is 29.6 Å². The normalized spacial score (nSPS) is 11.7. The molecule has 6 heteroatoms. The van der Waals surface area contributed by atoms with E-state index in [1.807, 2.05) is 37.3 Å². The van der Waals surface area contributed by atoms with Crippen LogP contribution < -0.4 is 5.32 Å². The summed E-state index contributed by atoms with van der Waals surface area (Å²) < 4.78 is 0. The molecule has 1 N–H and O–H groups in total. The third-order valence-corrected chi connectivity index (χ3v) is 4.93. The number of amides is 2. The monoisotopic (exact) mass is 406 g/mol. The molecule has 2 rings (SSSR count). The number of nitrogens with zero attached hydrogens (tertiary/aromatic N) is 1. The molecule has 0 aromatic heterocycles. The Hall–Kier alpha value is -2.04. The Morgan fingerprint density at radius 3 is 2.44 bits per heavy atom. The van der Waals surface area contributed by atoms with Gasteiger partial charge in [0.25, 0.3) is 0 Å². The topological polar surface area (TPSA) is 49.4 Å². The second-order valence-corrected chi connectivity index (χ2v) is 7.16. The van der Waals surface area contributed by atoms with E-state index in [2.05, 4.69) is 5.32 Å². The lowest BCUT2D eigenvalue weighted by Crippen LogP contribution is -2.47. The van der Waals surface area contributed by atoms with E-state index in [0.717, 1.165) is 11.1 Å². The van der Waals surface area contributed by atoms with Crippen molar-refractivity contribution in [3.8, 4) is 0 Å². The molecule has 0 fully saturated rings. The smallest absolute Gasteiger partial charge is 0.242 e. The molecule has 1 atom stereocenters. The molecule has 0 bridgehead atoms. The van der Waals surface area contributed by atoms with Crippen LogP contribution in [0.15, 0.2) is 48.5 Å². The van der Waals surface area contributed by atoms with E-state index in [1.165, 1.54) is 0 Å². The molecule has 2 amide bonds. The molecule has 0 saturated carbocycles. The maximum absolute atomic E-state index is 12.9. The van der Waals surface area contributed by atoms with E-state index in [9.17, 15) is 9.59 Å². The van der Waals surface area contributed by atoms with E-state index >= 15 is 0 Å². The third kappa shape index (κ3) is 6.26. The second-order valence-electron chi connectivity index (χ2n) is 6.31. The van der Waals surface area contributed by atoms with Crippen molar-refractivity contribution < 1.29 is 9.59 Å². The molecule has 0 radical (unpaired) electrons. The average Bonchev–Trinajstić information content (AvgIpc) is 2.66. The van der Waals surface area contributed by atoms with Gasteiger partial charge in [-0.3, -0.25) is 9.59 Å². The zero-order valence-electron chi connectivity index (χ0n) is 15.5. The second kappa shape index (κ2) is 10.3. The summed E-state index contributed by atoms with van der Waals surface area (Å²) in [7, 11) is 0. The number of aryl methyl sites for hydroxylation is 1. The maximum atomic E-state index is 12.9. The molecule has 0 aliphatic heterocycles. The van der Waals surface area contributed by atoms with E-state index in [1.54, 1.807) is 30.0 Å². The van der Waals surface area contributed by atoms with Crippen LogP contribution in [0, 0.1) is 0 Å². The minimum absolute atomic E-state index is 0.0939. The zero-order valence-corrected chi connectivity index (χ0v) is 17.1. The van der Waals surface area contributed by atoms with Gasteiger partial charge in [0.1, 0.15) is 6.04 Å². The highest BCUT2D eigenvalue weighted by molar-refractivity contribution is 6.35. The van der Waals surface area contributed by atoms with Gasteiger partial charge < -0.3 is 10.2 Å². The van der Waals surface area contributed by atoms with E-state index in [4.69, 9.17) is 23.2 Å². The summed E-state index contributed by atoms with van der Waals surface area (Å²) in [6, 6.07) is 14.4. The first kappa shape index (κ1) is 21.3. The average molecular weight is 407 g/mol. The molecule has 4 nitrogen and oxygen atoms in total. The number of likely N-dealkylation sites (N-methyl/N-ethyl adjacent to an activating group) is 1. The highest BCUT2D eigenvalue weighted by atomic mass is 35.5. The van der Waals surface area contributed by atoms with Crippen molar-refractivity contribution in [2.75, 3.05) is 6.54 Å². The summed E-state index contributed by atoms with van der Waals surface area (Å²) in [6.45, 7) is 4.34. The van der Waals surface area contributed by atoms with Crippen LogP contribution in [0.5, 0.6) is 0 Å². The number of carbonyl (C=O) groups excluding carboxylic acids is 2. The molecule has 1 unspecified atom stereocenters. The molecule has 2 aromatic rings. The number of nitrogens with one attached hydrogen (secondary N) is 1. The van der Waals surface area contributed by atoms with E-state index < -0.39 is 6.04 Å². The summed E-state index contributed by atoms with van der Waals surface area (Å²) in [5.41, 5.74) is 1.84. The summed E-state index contributed by atoms with van der Waals surface area (Å²) in [5, 5.41) is 3.79. The van der Waals surface area contributed by atoms with Gasteiger partial charge in [0.15, 0.2) is 0 Å². The fourth-order valence-electron chi connectivity index (χ4n) is 2.78. The molecular formula is C21H24Cl2N2O2. The Bertz CT molecular complexity index is 781. The van der Waals surface area contributed by atoms with Crippen molar-refractivity contribution in [2.24, 2.45) is 0 Å². The van der Waals surface area contributed by atoms with Crippen molar-refractivity contribution in [1.82, 2.24) is 10.2 Å². The minimum atomic E-state index is -0.597. The van der Waals surface area contributed by atoms with E-state index in [-0.39, 0.29) is 18.4 Å². The Kier molecular flexibility index (Phi) is 8.14. The van der Waals surface area contributed by atoms with Gasteiger partial charge in [-0.25, -0.2) is 0 Å². The Labute approximate surface area is 170 Å². The molecule has 27 heavy (non-hydrogen) atoms. The quantitative estimate of drug-likeness (QED) is 0.702. The first-order valence-electron chi connectivity index (χ1n) is 8.97. The van der Waals surface area contributed by atoms with Crippen molar-refractivity contribution in [3.05, 3.63) is 69.7 Å². The third-order valence-electron chi connectivity index (χ3n) is 4.34. The molecule has 0 saturated heterocycles. The Morgan fingerprint density at radius 1 is 1.11 bits per heavy atom. The SMILES string of the molecule is CCNC(=O)C(C)N(Cc1ccc(Cl)cc1Cl)C(=O)CCc1ccccc1. The number of benzene rings is 2. The first-order chi connectivity index (χ1) is 12.9. The van der Waals surface area contributed by atoms with E-state index in [0.29, 0.717) is 29.4 Å². The number of hydrogen-bond acceptors (Lipinski definition) is 2. The Morgan fingerprint density at radius 2 is 1.81 bits per heavy atom. The molecule has 144 valence electrons. The van der Waals surface area contributed by atoms with Crippen molar-refractivity contribution in [1.29, 1.82) is 0 Å². The van der Waals surface area contributed by atoms with Crippen LogP contribution in [0.4, 0.5) is 0 Å². The lowest BCUT2D eigenvalue weighted by molar-refractivity contribution is -0.140. The maximum Gasteiger partial charge on any atom is 0.242 e. The van der Waals surface area contributed by atoms with Gasteiger partial charge in [-0.15, -0.1) is 0 Å². The number of rotatable bonds is 8. The van der Waals surface area contributed by atoms with Gasteiger partial charge >= 0.3 is 0 Å². The predicted octanol–water partition coefficient (Wildman–Crippen LogP) is 4.48. The minimum Gasteiger partial charge on any atom is -0.355 e. The summed E-state index contributed by atoms with van der Waals surface area (Å²) in [4.78, 5) is 26.8. The number of halogens is 2. The first-order valence-corrected chi connectivity index (χ1v) is 9.73. The fraction of sp³-hybridized carbons (Fsp3) is 0.333. The van der Waals surface area contributed by atoms with Crippen LogP contribution in [0.3, 0.4) is 0 Å². The number of hydrogen-bond donors (Lipinski definition) is 1. The van der Waals surface area contributed by atoms with Crippen molar-refractivity contribution in [2.45, 2.75) is 39.3 Å². The fourth-order valence-corrected chi connectivity index (χ4v) is 3.25. The van der Waals surface area contributed by atoms with Crippen molar-refractivity contribution in [3.63, 3.8) is 0 Å². The predicted molar refractivity (Wildman–Crippen MR) is 110 cm³/mol. The van der Waals surface area contributed by atoms with Gasteiger partial charge in [-0.05, 0) is 43.5 Å². The largest absolute Gasteiger partial charge is 0.355 e. The molecule has 0 spiro atoms. The van der Waals surface area contributed by atoms with Crippen LogP contribution in [-0.2, 0) is 22.6 Å². The molecule has 2 aromatic carbocycles.